The molecular weight excluding hydrogens is 208 g/mol. The Bertz CT molecular complexity index is 302. The van der Waals surface area contributed by atoms with E-state index in [0.717, 1.165) is 25.9 Å². The van der Waals surface area contributed by atoms with Gasteiger partial charge >= 0.3 is 0 Å². The van der Waals surface area contributed by atoms with Crippen LogP contribution in [0.4, 0.5) is 0 Å². The zero-order chi connectivity index (χ0) is 12.0. The van der Waals surface area contributed by atoms with E-state index in [1.54, 1.807) is 0 Å². The molecule has 0 bridgehead atoms. The van der Waals surface area contributed by atoms with Gasteiger partial charge in [-0.2, -0.15) is 0 Å². The predicted octanol–water partition coefficient (Wildman–Crippen LogP) is 3.38. The second kappa shape index (κ2) is 7.33. The van der Waals surface area contributed by atoms with Gasteiger partial charge in [0.2, 0.25) is 0 Å². The number of nitrogens with one attached hydrogen (secondary N) is 1. The standard InChI is InChI=1S/C14H24N2.CH4/c1-4-7-12-10-14(6-3,8-9-15)11-16-13(12)5-2;/h4-5,7,16H,2,6,8-11,15H2,1,3H3;1H4/b7-4-;. The molecule has 0 saturated carbocycles. The summed E-state index contributed by atoms with van der Waals surface area (Å²) in [5, 5.41) is 3.49. The second-order valence-electron chi connectivity index (χ2n) is 4.57. The van der Waals surface area contributed by atoms with E-state index < -0.39 is 0 Å². The van der Waals surface area contributed by atoms with E-state index in [1.807, 2.05) is 6.08 Å². The summed E-state index contributed by atoms with van der Waals surface area (Å²) < 4.78 is 0. The zero-order valence-corrected chi connectivity index (χ0v) is 10.6. The van der Waals surface area contributed by atoms with Crippen LogP contribution in [0.1, 0.15) is 40.5 Å². The lowest BCUT2D eigenvalue weighted by Crippen LogP contribution is -2.39. The highest BCUT2D eigenvalue weighted by Gasteiger charge is 2.31. The van der Waals surface area contributed by atoms with Crippen LogP contribution in [0.5, 0.6) is 0 Å². The van der Waals surface area contributed by atoms with Gasteiger partial charge in [-0.05, 0) is 49.8 Å². The van der Waals surface area contributed by atoms with Gasteiger partial charge in [-0.15, -0.1) is 0 Å². The Balaban J connectivity index is 0.00000256. The van der Waals surface area contributed by atoms with Gasteiger partial charge in [0.05, 0.1) is 0 Å². The molecule has 0 spiro atoms. The molecule has 0 saturated heterocycles. The molecule has 1 unspecified atom stereocenters. The van der Waals surface area contributed by atoms with Crippen molar-refractivity contribution in [2.45, 2.75) is 40.5 Å². The van der Waals surface area contributed by atoms with Gasteiger partial charge < -0.3 is 11.1 Å². The Morgan fingerprint density at radius 2 is 2.24 bits per heavy atom. The molecule has 0 aromatic heterocycles. The van der Waals surface area contributed by atoms with E-state index in [2.05, 4.69) is 37.9 Å². The van der Waals surface area contributed by atoms with Crippen LogP contribution in [-0.2, 0) is 0 Å². The molecule has 98 valence electrons. The van der Waals surface area contributed by atoms with E-state index in [1.165, 1.54) is 17.7 Å². The maximum absolute atomic E-state index is 5.72. The molecule has 1 atom stereocenters. The molecule has 0 amide bonds. The number of nitrogens with two attached hydrogens (primary N) is 1. The molecule has 17 heavy (non-hydrogen) atoms. The normalized spacial score (nSPS) is 24.4. The van der Waals surface area contributed by atoms with E-state index in [-0.39, 0.29) is 7.43 Å². The van der Waals surface area contributed by atoms with Crippen LogP contribution in [0.25, 0.3) is 0 Å². The topological polar surface area (TPSA) is 38.0 Å². The predicted molar refractivity (Wildman–Crippen MR) is 77.8 cm³/mol. The summed E-state index contributed by atoms with van der Waals surface area (Å²) in [5.41, 5.74) is 8.59. The van der Waals surface area contributed by atoms with Crippen LogP contribution in [0.3, 0.4) is 0 Å². The maximum atomic E-state index is 5.72. The van der Waals surface area contributed by atoms with Gasteiger partial charge in [-0.1, -0.05) is 33.1 Å². The van der Waals surface area contributed by atoms with Crippen LogP contribution in [0.2, 0.25) is 0 Å². The second-order valence-corrected chi connectivity index (χ2v) is 4.57. The first-order valence-corrected chi connectivity index (χ1v) is 6.13. The quantitative estimate of drug-likeness (QED) is 0.768. The fourth-order valence-corrected chi connectivity index (χ4v) is 2.42. The van der Waals surface area contributed by atoms with E-state index in [4.69, 9.17) is 5.73 Å². The number of hydrogen-bond acceptors (Lipinski definition) is 2. The van der Waals surface area contributed by atoms with Crippen molar-refractivity contribution in [3.05, 3.63) is 36.1 Å². The van der Waals surface area contributed by atoms with Crippen molar-refractivity contribution in [3.63, 3.8) is 0 Å². The minimum atomic E-state index is 0. The van der Waals surface area contributed by atoms with Gasteiger partial charge in [0, 0.05) is 12.2 Å². The molecule has 0 aromatic carbocycles. The van der Waals surface area contributed by atoms with Gasteiger partial charge in [-0.3, -0.25) is 0 Å². The minimum Gasteiger partial charge on any atom is -0.384 e. The van der Waals surface area contributed by atoms with Gasteiger partial charge in [0.15, 0.2) is 0 Å². The summed E-state index contributed by atoms with van der Waals surface area (Å²) >= 11 is 0. The highest BCUT2D eigenvalue weighted by Crippen LogP contribution is 2.37. The summed E-state index contributed by atoms with van der Waals surface area (Å²) in [7, 11) is 0. The summed E-state index contributed by atoms with van der Waals surface area (Å²) in [6.07, 6.45) is 9.56. The number of allylic oxidation sites excluding steroid dienone is 4. The van der Waals surface area contributed by atoms with Crippen LogP contribution < -0.4 is 11.1 Å². The monoisotopic (exact) mass is 236 g/mol. The van der Waals surface area contributed by atoms with Crippen molar-refractivity contribution < 1.29 is 0 Å². The first kappa shape index (κ1) is 16.0. The average molecular weight is 236 g/mol. The van der Waals surface area contributed by atoms with Crippen molar-refractivity contribution in [1.82, 2.24) is 5.32 Å². The Morgan fingerprint density at radius 3 is 2.71 bits per heavy atom. The molecule has 1 heterocycles. The molecule has 1 aliphatic heterocycles. The van der Waals surface area contributed by atoms with Crippen molar-refractivity contribution in [2.24, 2.45) is 11.1 Å². The fourth-order valence-electron chi connectivity index (χ4n) is 2.42. The lowest BCUT2D eigenvalue weighted by atomic mass is 9.73. The highest BCUT2D eigenvalue weighted by molar-refractivity contribution is 5.34. The van der Waals surface area contributed by atoms with Crippen molar-refractivity contribution in [1.29, 1.82) is 0 Å². The van der Waals surface area contributed by atoms with Crippen molar-refractivity contribution in [3.8, 4) is 0 Å². The molecule has 1 aliphatic rings. The van der Waals surface area contributed by atoms with Crippen LogP contribution in [0.15, 0.2) is 36.1 Å². The van der Waals surface area contributed by atoms with Crippen molar-refractivity contribution >= 4 is 0 Å². The summed E-state index contributed by atoms with van der Waals surface area (Å²) in [4.78, 5) is 0. The summed E-state index contributed by atoms with van der Waals surface area (Å²) in [6.45, 7) is 9.95. The molecule has 0 aromatic rings. The Hall–Kier alpha value is -1.02. The largest absolute Gasteiger partial charge is 0.384 e. The molecule has 2 nitrogen and oxygen atoms in total. The number of rotatable bonds is 5. The third-order valence-corrected chi connectivity index (χ3v) is 3.56. The van der Waals surface area contributed by atoms with E-state index in [9.17, 15) is 0 Å². The van der Waals surface area contributed by atoms with E-state index in [0.29, 0.717) is 5.41 Å². The Labute approximate surface area is 107 Å². The Kier molecular flexibility index (Phi) is 6.89. The summed E-state index contributed by atoms with van der Waals surface area (Å²) in [6, 6.07) is 0. The maximum Gasteiger partial charge on any atom is 0.0367 e. The lowest BCUT2D eigenvalue weighted by molar-refractivity contribution is 0.236. The van der Waals surface area contributed by atoms with Crippen LogP contribution in [0, 0.1) is 5.41 Å². The van der Waals surface area contributed by atoms with Crippen molar-refractivity contribution in [2.75, 3.05) is 13.1 Å². The highest BCUT2D eigenvalue weighted by atomic mass is 14.9. The smallest absolute Gasteiger partial charge is 0.0367 e. The minimum absolute atomic E-state index is 0. The third kappa shape index (κ3) is 3.74. The molecule has 2 heteroatoms. The molecular formula is C15H28N2. The molecule has 0 radical (unpaired) electrons. The van der Waals surface area contributed by atoms with Crippen LogP contribution in [-0.4, -0.2) is 13.1 Å². The van der Waals surface area contributed by atoms with Crippen LogP contribution >= 0.6 is 0 Å². The lowest BCUT2D eigenvalue weighted by Gasteiger charge is -2.38. The van der Waals surface area contributed by atoms with E-state index >= 15 is 0 Å². The first-order chi connectivity index (χ1) is 7.71. The number of hydrogen-bond donors (Lipinski definition) is 2. The van der Waals surface area contributed by atoms with Gasteiger partial charge in [0.25, 0.3) is 0 Å². The molecule has 0 fully saturated rings. The average Bonchev–Trinajstić information content (AvgIpc) is 2.30. The van der Waals surface area contributed by atoms with Gasteiger partial charge in [0.1, 0.15) is 0 Å². The first-order valence-electron chi connectivity index (χ1n) is 6.13. The summed E-state index contributed by atoms with van der Waals surface area (Å²) in [5.74, 6) is 0. The SMILES string of the molecule is C.C=CC1=C(/C=C\C)CC(CC)(CCN)CN1. The molecule has 0 aliphatic carbocycles. The fraction of sp³-hybridized carbons (Fsp3) is 0.600. The molecule has 1 rings (SSSR count). The third-order valence-electron chi connectivity index (χ3n) is 3.56. The molecule has 3 N–H and O–H groups in total. The Morgan fingerprint density at radius 1 is 1.53 bits per heavy atom. The van der Waals surface area contributed by atoms with Gasteiger partial charge in [-0.25, -0.2) is 0 Å². The zero-order valence-electron chi connectivity index (χ0n) is 10.6.